The van der Waals surface area contributed by atoms with Crippen LogP contribution in [0.4, 0.5) is 23.2 Å². The maximum atomic E-state index is 13.0. The molecule has 0 aromatic heterocycles. The van der Waals surface area contributed by atoms with Crippen LogP contribution in [0.5, 0.6) is 0 Å². The molecule has 14 heavy (non-hydrogen) atoms. The van der Waals surface area contributed by atoms with Crippen molar-refractivity contribution in [2.24, 2.45) is 0 Å². The van der Waals surface area contributed by atoms with Crippen LogP contribution < -0.4 is 5.73 Å². The maximum Gasteiger partial charge on any atom is 0.418 e. The van der Waals surface area contributed by atoms with E-state index in [4.69, 9.17) is 17.3 Å². The molecule has 1 aromatic carbocycles. The van der Waals surface area contributed by atoms with Crippen LogP contribution in [0, 0.1) is 12.7 Å². The summed E-state index contributed by atoms with van der Waals surface area (Å²) < 4.78 is 49.8. The molecule has 1 rings (SSSR count). The van der Waals surface area contributed by atoms with Crippen molar-refractivity contribution in [2.45, 2.75) is 13.1 Å². The van der Waals surface area contributed by atoms with E-state index in [9.17, 15) is 17.6 Å². The molecule has 0 bridgehead atoms. The van der Waals surface area contributed by atoms with E-state index in [0.717, 1.165) is 6.92 Å². The Morgan fingerprint density at radius 3 is 2.29 bits per heavy atom. The number of hydrogen-bond acceptors (Lipinski definition) is 1. The van der Waals surface area contributed by atoms with Gasteiger partial charge in [-0.05, 0) is 13.0 Å². The maximum absolute atomic E-state index is 13.0. The largest absolute Gasteiger partial charge is 0.418 e. The summed E-state index contributed by atoms with van der Waals surface area (Å²) in [6.07, 6.45) is -4.62. The molecule has 0 saturated carbocycles. The summed E-state index contributed by atoms with van der Waals surface area (Å²) in [5, 5.41) is -0.580. The molecule has 2 N–H and O–H groups in total. The van der Waals surface area contributed by atoms with Gasteiger partial charge in [0.25, 0.3) is 0 Å². The zero-order valence-corrected chi connectivity index (χ0v) is 7.80. The first-order valence-corrected chi connectivity index (χ1v) is 3.94. The minimum absolute atomic E-state index is 0.287. The second-order valence-electron chi connectivity index (χ2n) is 2.76. The van der Waals surface area contributed by atoms with Crippen molar-refractivity contribution in [1.29, 1.82) is 0 Å². The fourth-order valence-corrected chi connectivity index (χ4v) is 1.25. The highest BCUT2D eigenvalue weighted by atomic mass is 35.5. The Kier molecular flexibility index (Phi) is 2.63. The first kappa shape index (κ1) is 11.1. The second kappa shape index (κ2) is 3.31. The van der Waals surface area contributed by atoms with Crippen LogP contribution in [-0.4, -0.2) is 0 Å². The third-order valence-corrected chi connectivity index (χ3v) is 2.08. The van der Waals surface area contributed by atoms with Crippen molar-refractivity contribution >= 4 is 17.3 Å². The Labute approximate surface area is 82.5 Å². The molecule has 1 nitrogen and oxygen atoms in total. The van der Waals surface area contributed by atoms with E-state index in [1.54, 1.807) is 0 Å². The Balaban J connectivity index is 3.49. The van der Waals surface area contributed by atoms with Crippen LogP contribution in [0.1, 0.15) is 11.1 Å². The number of rotatable bonds is 0. The Bertz CT molecular complexity index is 373. The molecule has 1 aromatic rings. The SMILES string of the molecule is Cc1c(N)c(C(F)(F)F)cc(Cl)c1F. The van der Waals surface area contributed by atoms with Crippen LogP contribution >= 0.6 is 11.6 Å². The van der Waals surface area contributed by atoms with Crippen LogP contribution in [0.15, 0.2) is 6.07 Å². The number of nitrogen functional groups attached to an aromatic ring is 1. The fourth-order valence-electron chi connectivity index (χ4n) is 1.00. The number of halogens is 5. The van der Waals surface area contributed by atoms with Crippen molar-refractivity contribution in [3.8, 4) is 0 Å². The minimum atomic E-state index is -4.62. The second-order valence-corrected chi connectivity index (χ2v) is 3.16. The summed E-state index contributed by atoms with van der Waals surface area (Å²) in [7, 11) is 0. The summed E-state index contributed by atoms with van der Waals surface area (Å²) in [5.41, 5.74) is 3.10. The van der Waals surface area contributed by atoms with Crippen molar-refractivity contribution in [2.75, 3.05) is 5.73 Å². The monoisotopic (exact) mass is 227 g/mol. The van der Waals surface area contributed by atoms with Gasteiger partial charge in [-0.1, -0.05) is 11.6 Å². The molecule has 0 atom stereocenters. The van der Waals surface area contributed by atoms with E-state index in [1.807, 2.05) is 0 Å². The van der Waals surface area contributed by atoms with Gasteiger partial charge in [0.05, 0.1) is 10.6 Å². The van der Waals surface area contributed by atoms with Gasteiger partial charge in [0.2, 0.25) is 0 Å². The van der Waals surface area contributed by atoms with Crippen molar-refractivity contribution < 1.29 is 17.6 Å². The average molecular weight is 228 g/mol. The zero-order valence-electron chi connectivity index (χ0n) is 7.04. The van der Waals surface area contributed by atoms with Crippen LogP contribution in [-0.2, 0) is 6.18 Å². The van der Waals surface area contributed by atoms with Gasteiger partial charge < -0.3 is 5.73 Å². The van der Waals surface area contributed by atoms with Gasteiger partial charge in [-0.15, -0.1) is 0 Å². The first-order valence-electron chi connectivity index (χ1n) is 3.56. The van der Waals surface area contributed by atoms with Gasteiger partial charge >= 0.3 is 6.18 Å². The summed E-state index contributed by atoms with van der Waals surface area (Å²) in [4.78, 5) is 0. The number of hydrogen-bond donors (Lipinski definition) is 1. The standard InChI is InChI=1S/C8H6ClF4N/c1-3-6(10)5(9)2-4(7(3)14)8(11,12)13/h2H,14H2,1H3. The third kappa shape index (κ3) is 1.77. The van der Waals surface area contributed by atoms with E-state index < -0.39 is 28.3 Å². The molecular weight excluding hydrogens is 222 g/mol. The highest BCUT2D eigenvalue weighted by Gasteiger charge is 2.34. The van der Waals surface area contributed by atoms with E-state index in [0.29, 0.717) is 6.07 Å². The molecule has 0 amide bonds. The van der Waals surface area contributed by atoms with E-state index >= 15 is 0 Å². The minimum Gasteiger partial charge on any atom is -0.398 e. The van der Waals surface area contributed by atoms with Gasteiger partial charge in [-0.2, -0.15) is 13.2 Å². The lowest BCUT2D eigenvalue weighted by molar-refractivity contribution is -0.136. The highest BCUT2D eigenvalue weighted by Crippen LogP contribution is 2.38. The van der Waals surface area contributed by atoms with Crippen molar-refractivity contribution in [1.82, 2.24) is 0 Å². The molecule has 0 aliphatic heterocycles. The summed E-state index contributed by atoms with van der Waals surface area (Å²) in [6.45, 7) is 1.14. The Morgan fingerprint density at radius 1 is 1.36 bits per heavy atom. The van der Waals surface area contributed by atoms with Gasteiger partial charge in [0.1, 0.15) is 5.82 Å². The summed E-state index contributed by atoms with van der Waals surface area (Å²) >= 11 is 5.27. The van der Waals surface area contributed by atoms with E-state index in [2.05, 4.69) is 0 Å². The van der Waals surface area contributed by atoms with Gasteiger partial charge in [-0.3, -0.25) is 0 Å². The number of anilines is 1. The van der Waals surface area contributed by atoms with Crippen LogP contribution in [0.3, 0.4) is 0 Å². The Hall–Kier alpha value is -0.970. The Morgan fingerprint density at radius 2 is 1.86 bits per heavy atom. The van der Waals surface area contributed by atoms with Gasteiger partial charge in [0.15, 0.2) is 0 Å². The fraction of sp³-hybridized carbons (Fsp3) is 0.250. The summed E-state index contributed by atoms with van der Waals surface area (Å²) in [5.74, 6) is -0.919. The molecule has 0 unspecified atom stereocenters. The predicted molar refractivity (Wildman–Crippen MR) is 45.6 cm³/mol. The normalized spacial score (nSPS) is 11.9. The molecule has 6 heteroatoms. The lowest BCUT2D eigenvalue weighted by Crippen LogP contribution is -2.11. The average Bonchev–Trinajstić information content (AvgIpc) is 2.06. The molecule has 0 fully saturated rings. The number of alkyl halides is 3. The van der Waals surface area contributed by atoms with Crippen LogP contribution in [0.25, 0.3) is 0 Å². The third-order valence-electron chi connectivity index (χ3n) is 1.81. The topological polar surface area (TPSA) is 26.0 Å². The highest BCUT2D eigenvalue weighted by molar-refractivity contribution is 6.31. The molecule has 0 heterocycles. The molecule has 0 aliphatic rings. The first-order chi connectivity index (χ1) is 6.25. The predicted octanol–water partition coefficient (Wildman–Crippen LogP) is 3.39. The molecule has 0 spiro atoms. The van der Waals surface area contributed by atoms with Crippen molar-refractivity contribution in [3.63, 3.8) is 0 Å². The quantitative estimate of drug-likeness (QED) is 0.534. The molecular formula is C8H6ClF4N. The van der Waals surface area contributed by atoms with Gasteiger partial charge in [0, 0.05) is 11.3 Å². The molecule has 0 saturated heterocycles. The molecule has 0 radical (unpaired) electrons. The smallest absolute Gasteiger partial charge is 0.398 e. The molecule has 78 valence electrons. The van der Waals surface area contributed by atoms with E-state index in [-0.39, 0.29) is 5.56 Å². The molecule has 0 aliphatic carbocycles. The van der Waals surface area contributed by atoms with E-state index in [1.165, 1.54) is 0 Å². The number of benzene rings is 1. The summed E-state index contributed by atoms with van der Waals surface area (Å²) in [6, 6.07) is 0.485. The zero-order chi connectivity index (χ0) is 11.1. The van der Waals surface area contributed by atoms with Crippen molar-refractivity contribution in [3.05, 3.63) is 28.0 Å². The lowest BCUT2D eigenvalue weighted by Gasteiger charge is -2.13. The van der Waals surface area contributed by atoms with Crippen LogP contribution in [0.2, 0.25) is 5.02 Å². The number of nitrogens with two attached hydrogens (primary N) is 1. The lowest BCUT2D eigenvalue weighted by atomic mass is 10.1. The van der Waals surface area contributed by atoms with Gasteiger partial charge in [-0.25, -0.2) is 4.39 Å².